The van der Waals surface area contributed by atoms with Crippen LogP contribution >= 0.6 is 23.2 Å². The molecule has 0 spiro atoms. The number of hydrogen-bond acceptors (Lipinski definition) is 6. The summed E-state index contributed by atoms with van der Waals surface area (Å²) in [6.45, 7) is 4.46. The highest BCUT2D eigenvalue weighted by Crippen LogP contribution is 2.30. The number of ether oxygens (including phenoxy) is 3. The van der Waals surface area contributed by atoms with E-state index in [0.29, 0.717) is 33.7 Å². The van der Waals surface area contributed by atoms with Gasteiger partial charge >= 0.3 is 6.09 Å². The molecule has 200 valence electrons. The average molecular weight is 558 g/mol. The molecule has 0 heterocycles. The summed E-state index contributed by atoms with van der Waals surface area (Å²) in [5.74, 6) is 0.583. The van der Waals surface area contributed by atoms with E-state index in [1.807, 2.05) is 43.3 Å². The lowest BCUT2D eigenvalue weighted by molar-refractivity contribution is -0.123. The first-order valence-corrected chi connectivity index (χ1v) is 12.8. The monoisotopic (exact) mass is 557 g/mol. The van der Waals surface area contributed by atoms with Gasteiger partial charge in [-0.1, -0.05) is 59.6 Å². The van der Waals surface area contributed by atoms with E-state index < -0.39 is 18.0 Å². The minimum atomic E-state index is -0.871. The van der Waals surface area contributed by atoms with Crippen LogP contribution in [-0.4, -0.2) is 37.5 Å². The number of nitrogens with zero attached hydrogens (tertiary/aromatic N) is 1. The first-order chi connectivity index (χ1) is 18.4. The molecule has 2 N–H and O–H groups in total. The molecule has 0 fully saturated rings. The highest BCUT2D eigenvalue weighted by Gasteiger charge is 2.21. The van der Waals surface area contributed by atoms with Crippen LogP contribution in [0.2, 0.25) is 10.0 Å². The summed E-state index contributed by atoms with van der Waals surface area (Å²) >= 11 is 12.1. The van der Waals surface area contributed by atoms with Crippen molar-refractivity contribution in [1.82, 2.24) is 10.7 Å². The molecule has 3 aromatic carbocycles. The zero-order valence-electron chi connectivity index (χ0n) is 21.1. The molecular weight excluding hydrogens is 529 g/mol. The van der Waals surface area contributed by atoms with Crippen LogP contribution in [0.1, 0.15) is 30.5 Å². The number of benzene rings is 3. The number of amides is 2. The first kappa shape index (κ1) is 28.8. The van der Waals surface area contributed by atoms with E-state index in [9.17, 15) is 9.59 Å². The van der Waals surface area contributed by atoms with E-state index in [-0.39, 0.29) is 19.6 Å². The van der Waals surface area contributed by atoms with Gasteiger partial charge in [0, 0.05) is 6.42 Å². The molecule has 0 aliphatic carbocycles. The zero-order chi connectivity index (χ0) is 27.3. The largest absolute Gasteiger partial charge is 0.490 e. The third-order valence-corrected chi connectivity index (χ3v) is 5.94. The molecule has 0 saturated heterocycles. The van der Waals surface area contributed by atoms with Crippen LogP contribution in [-0.2, 0) is 22.6 Å². The van der Waals surface area contributed by atoms with Crippen molar-refractivity contribution in [3.05, 3.63) is 93.5 Å². The van der Waals surface area contributed by atoms with Crippen LogP contribution in [0.5, 0.6) is 11.5 Å². The second kappa shape index (κ2) is 14.9. The highest BCUT2D eigenvalue weighted by atomic mass is 35.5. The van der Waals surface area contributed by atoms with Gasteiger partial charge in [-0.3, -0.25) is 4.79 Å². The standard InChI is InChI=1S/C28H29Cl2N3O5/c1-3-36-26-16-20(11-13-25(26)38-18-21-10-12-22(29)23(30)14-21)17-31-33-27(34)24(32-28(35)37-4-2)15-19-8-6-5-7-9-19/h5-14,16-17,24H,3-4,15,18H2,1-2H3,(H,32,35)(H,33,34)/b31-17-/t24-/m1/s1. The van der Waals surface area contributed by atoms with Gasteiger partial charge in [-0.2, -0.15) is 5.10 Å². The minimum absolute atomic E-state index is 0.193. The maximum atomic E-state index is 12.8. The summed E-state index contributed by atoms with van der Waals surface area (Å²) in [4.78, 5) is 24.8. The summed E-state index contributed by atoms with van der Waals surface area (Å²) in [5, 5.41) is 7.57. The first-order valence-electron chi connectivity index (χ1n) is 12.0. The second-order valence-electron chi connectivity index (χ2n) is 8.02. The fourth-order valence-corrected chi connectivity index (χ4v) is 3.73. The average Bonchev–Trinajstić information content (AvgIpc) is 2.90. The predicted molar refractivity (Wildman–Crippen MR) is 148 cm³/mol. The Balaban J connectivity index is 1.66. The van der Waals surface area contributed by atoms with Gasteiger partial charge in [0.15, 0.2) is 11.5 Å². The third-order valence-electron chi connectivity index (χ3n) is 5.20. The van der Waals surface area contributed by atoms with Crippen LogP contribution < -0.4 is 20.2 Å². The summed E-state index contributed by atoms with van der Waals surface area (Å²) < 4.78 is 16.6. The van der Waals surface area contributed by atoms with Crippen LogP contribution in [0.25, 0.3) is 0 Å². The van der Waals surface area contributed by atoms with Crippen molar-refractivity contribution in [3.63, 3.8) is 0 Å². The van der Waals surface area contributed by atoms with Crippen molar-refractivity contribution in [2.24, 2.45) is 5.10 Å². The van der Waals surface area contributed by atoms with Crippen LogP contribution in [0.3, 0.4) is 0 Å². The zero-order valence-corrected chi connectivity index (χ0v) is 22.6. The summed E-state index contributed by atoms with van der Waals surface area (Å²) in [6.07, 6.45) is 1.08. The number of halogens is 2. The summed E-state index contributed by atoms with van der Waals surface area (Å²) in [5.41, 5.74) is 4.90. The molecule has 0 saturated carbocycles. The maximum Gasteiger partial charge on any atom is 0.407 e. The molecule has 0 unspecified atom stereocenters. The highest BCUT2D eigenvalue weighted by molar-refractivity contribution is 6.42. The van der Waals surface area contributed by atoms with Crippen molar-refractivity contribution in [3.8, 4) is 11.5 Å². The van der Waals surface area contributed by atoms with Crippen molar-refractivity contribution >= 4 is 41.4 Å². The Morgan fingerprint density at radius 1 is 0.895 bits per heavy atom. The number of rotatable bonds is 12. The van der Waals surface area contributed by atoms with Crippen LogP contribution in [0.15, 0.2) is 71.8 Å². The number of hydrogen-bond donors (Lipinski definition) is 2. The molecule has 3 aromatic rings. The molecule has 0 aliphatic rings. The number of carbonyl (C=O) groups excluding carboxylic acids is 2. The number of carbonyl (C=O) groups is 2. The number of nitrogens with one attached hydrogen (secondary N) is 2. The van der Waals surface area contributed by atoms with E-state index in [0.717, 1.165) is 11.1 Å². The molecule has 3 rings (SSSR count). The Hall–Kier alpha value is -3.75. The molecule has 8 nitrogen and oxygen atoms in total. The molecule has 0 bridgehead atoms. The lowest BCUT2D eigenvalue weighted by atomic mass is 10.1. The molecule has 0 aromatic heterocycles. The van der Waals surface area contributed by atoms with Gasteiger partial charge in [-0.25, -0.2) is 10.2 Å². The Morgan fingerprint density at radius 3 is 2.39 bits per heavy atom. The van der Waals surface area contributed by atoms with Gasteiger partial charge in [0.2, 0.25) is 0 Å². The fourth-order valence-electron chi connectivity index (χ4n) is 3.41. The van der Waals surface area contributed by atoms with Crippen molar-refractivity contribution in [2.45, 2.75) is 32.9 Å². The topological polar surface area (TPSA) is 98.2 Å². The van der Waals surface area contributed by atoms with Gasteiger partial charge in [0.05, 0.1) is 29.5 Å². The minimum Gasteiger partial charge on any atom is -0.490 e. The lowest BCUT2D eigenvalue weighted by Crippen LogP contribution is -2.47. The van der Waals surface area contributed by atoms with Crippen molar-refractivity contribution < 1.29 is 23.8 Å². The fraction of sp³-hybridized carbons (Fsp3) is 0.250. The molecule has 10 heteroatoms. The Kier molecular flexibility index (Phi) is 11.3. The van der Waals surface area contributed by atoms with E-state index in [4.69, 9.17) is 37.4 Å². The molecule has 0 aliphatic heterocycles. The van der Waals surface area contributed by atoms with Crippen molar-refractivity contribution in [2.75, 3.05) is 13.2 Å². The summed E-state index contributed by atoms with van der Waals surface area (Å²) in [6, 6.07) is 19.1. The van der Waals surface area contributed by atoms with Gasteiger partial charge < -0.3 is 19.5 Å². The molecule has 2 amide bonds. The van der Waals surface area contributed by atoms with Gasteiger partial charge in [-0.05, 0) is 60.9 Å². The quantitative estimate of drug-likeness (QED) is 0.217. The molecular formula is C28H29Cl2N3O5. The van der Waals surface area contributed by atoms with E-state index in [2.05, 4.69) is 15.8 Å². The Morgan fingerprint density at radius 2 is 1.68 bits per heavy atom. The van der Waals surface area contributed by atoms with E-state index in [1.165, 1.54) is 6.21 Å². The smallest absolute Gasteiger partial charge is 0.407 e. The Bertz CT molecular complexity index is 1250. The third kappa shape index (κ3) is 8.97. The number of alkyl carbamates (subject to hydrolysis) is 1. The lowest BCUT2D eigenvalue weighted by Gasteiger charge is -2.17. The summed E-state index contributed by atoms with van der Waals surface area (Å²) in [7, 11) is 0. The van der Waals surface area contributed by atoms with E-state index >= 15 is 0 Å². The molecule has 1 atom stereocenters. The normalized spacial score (nSPS) is 11.6. The van der Waals surface area contributed by atoms with Gasteiger partial charge in [0.1, 0.15) is 12.6 Å². The van der Waals surface area contributed by atoms with Crippen molar-refractivity contribution in [1.29, 1.82) is 0 Å². The second-order valence-corrected chi connectivity index (χ2v) is 8.83. The van der Waals surface area contributed by atoms with Gasteiger partial charge in [-0.15, -0.1) is 0 Å². The van der Waals surface area contributed by atoms with Crippen LogP contribution in [0.4, 0.5) is 4.79 Å². The number of hydrazone groups is 1. The maximum absolute atomic E-state index is 12.8. The Labute approximate surface area is 231 Å². The van der Waals surface area contributed by atoms with Crippen LogP contribution in [0, 0.1) is 0 Å². The predicted octanol–water partition coefficient (Wildman–Crippen LogP) is 5.78. The van der Waals surface area contributed by atoms with Gasteiger partial charge in [0.25, 0.3) is 5.91 Å². The van der Waals surface area contributed by atoms with E-state index in [1.54, 1.807) is 37.3 Å². The molecule has 38 heavy (non-hydrogen) atoms. The SMILES string of the molecule is CCOC(=O)N[C@H](Cc1ccccc1)C(=O)N/N=C\c1ccc(OCc2ccc(Cl)c(Cl)c2)c(OCC)c1. The molecule has 0 radical (unpaired) electrons.